The molecule has 0 amide bonds. The first-order chi connectivity index (χ1) is 2.41. The molecule has 0 saturated heterocycles. The van der Waals surface area contributed by atoms with Crippen LogP contribution >= 0.6 is 0 Å². The van der Waals surface area contributed by atoms with E-state index in [1.54, 1.807) is 0 Å². The molecule has 0 aliphatic rings. The summed E-state index contributed by atoms with van der Waals surface area (Å²) in [4.78, 5) is 0. The average Bonchev–Trinajstić information content (AvgIpc) is 1.41. The van der Waals surface area contributed by atoms with E-state index in [-0.39, 0.29) is 0 Å². The van der Waals surface area contributed by atoms with E-state index < -0.39 is 0 Å². The molecule has 0 aromatic heterocycles. The van der Waals surface area contributed by atoms with Crippen LogP contribution in [-0.2, 0) is 0 Å². The Hall–Kier alpha value is 0.597. The third kappa shape index (κ3) is 4.60. The summed E-state index contributed by atoms with van der Waals surface area (Å²) in [6, 6.07) is 0. The second kappa shape index (κ2) is 4.60. The molecule has 0 radical (unpaired) electrons. The fourth-order valence-electron chi connectivity index (χ4n) is 0.354. The molecule has 0 spiro atoms. The minimum absolute atomic E-state index is 1.34. The number of hydrogen-bond donors (Lipinski definition) is 0. The van der Waals surface area contributed by atoms with Crippen LogP contribution in [0.1, 0.15) is 19.8 Å². The molecule has 1 heteroatoms. The van der Waals surface area contributed by atoms with Gasteiger partial charge in [-0.15, -0.1) is 0 Å². The molecular formula is C4H9Li. The van der Waals surface area contributed by atoms with Crippen molar-refractivity contribution in [3.63, 3.8) is 0 Å². The summed E-state index contributed by atoms with van der Waals surface area (Å²) in [7, 11) is 0. The van der Waals surface area contributed by atoms with Crippen molar-refractivity contribution in [1.82, 2.24) is 0 Å². The normalized spacial score (nSPS) is 8.60. The number of hydrogen-bond acceptors (Lipinski definition) is 0. The van der Waals surface area contributed by atoms with Crippen LogP contribution in [0.3, 0.4) is 0 Å². The standard InChI is InChI=1S/C4H9.Li/c1-3-4-2;/h1,3-4H2,2H3;/i;1+71. The zero-order valence-corrected chi connectivity index (χ0v) is 4.12. The Kier molecular flexibility index (Phi) is 5.15. The summed E-state index contributed by atoms with van der Waals surface area (Å²) >= 11 is 2.21. The van der Waals surface area contributed by atoms with Crippen LogP contribution in [0.5, 0.6) is 0 Å². The van der Waals surface area contributed by atoms with E-state index in [1.165, 1.54) is 17.9 Å². The van der Waals surface area contributed by atoms with E-state index in [1.807, 2.05) is 0 Å². The summed E-state index contributed by atoms with van der Waals surface area (Å²) in [6.07, 6.45) is 2.73. The van der Waals surface area contributed by atoms with Crippen molar-refractivity contribution < 1.29 is 0 Å². The van der Waals surface area contributed by atoms with Crippen LogP contribution < -0.4 is 0 Å². The van der Waals surface area contributed by atoms with Crippen molar-refractivity contribution in [2.75, 3.05) is 0 Å². The van der Waals surface area contributed by atoms with E-state index in [9.17, 15) is 0 Å². The fourth-order valence-corrected chi connectivity index (χ4v) is 0.354. The fraction of sp³-hybridized carbons (Fsp3) is 1.00. The van der Waals surface area contributed by atoms with Gasteiger partial charge in [0.1, 0.15) is 0 Å². The van der Waals surface area contributed by atoms with Gasteiger partial charge in [-0.25, -0.2) is 0 Å². The zero-order valence-electron chi connectivity index (χ0n) is 4.12. The molecule has 0 nitrogen and oxygen atoms in total. The number of unbranched alkanes of at least 4 members (excludes halogenated alkanes) is 1. The first-order valence-corrected chi connectivity index (χ1v) is 2.41. The maximum absolute atomic E-state index is 2.21. The molecule has 0 N–H and O–H groups in total. The monoisotopic (exact) mass is 135 g/mol. The van der Waals surface area contributed by atoms with E-state index in [4.69, 9.17) is 0 Å². The third-order valence-electron chi connectivity index (χ3n) is 0.707. The summed E-state index contributed by atoms with van der Waals surface area (Å²) < 4.78 is 0. The van der Waals surface area contributed by atoms with Gasteiger partial charge in [0.2, 0.25) is 0 Å². The van der Waals surface area contributed by atoms with E-state index >= 15 is 0 Å². The quantitative estimate of drug-likeness (QED) is 0.502. The Balaban J connectivity index is 2.19. The van der Waals surface area contributed by atoms with Gasteiger partial charge in [-0.1, -0.05) is 0 Å². The first-order valence-electron chi connectivity index (χ1n) is 2.41. The summed E-state index contributed by atoms with van der Waals surface area (Å²) in [5.74, 6) is 0. The Morgan fingerprint density at radius 1 is 1.60 bits per heavy atom. The van der Waals surface area contributed by atoms with Crippen LogP contribution in [0, 0.1) is 0 Å². The first kappa shape index (κ1) is 5.60. The summed E-state index contributed by atoms with van der Waals surface area (Å²) in [5.41, 5.74) is 0. The van der Waals surface area contributed by atoms with Crippen molar-refractivity contribution in [1.29, 1.82) is 0 Å². The van der Waals surface area contributed by atoms with Gasteiger partial charge >= 0.3 is 42.6 Å². The van der Waals surface area contributed by atoms with Crippen LogP contribution in [-0.4, -0.2) is 17.7 Å². The topological polar surface area (TPSA) is 0 Å². The molecular weight excluding hydrogens is 126 g/mol. The molecule has 0 aliphatic carbocycles. The Labute approximate surface area is 43.2 Å². The van der Waals surface area contributed by atoms with E-state index in [0.29, 0.717) is 0 Å². The predicted molar refractivity (Wildman–Crippen MR) is 25.5 cm³/mol. The Morgan fingerprint density at radius 2 is 2.20 bits per heavy atom. The third-order valence-corrected chi connectivity index (χ3v) is 0.707. The second-order valence-corrected chi connectivity index (χ2v) is 1.35. The van der Waals surface area contributed by atoms with Gasteiger partial charge in [0.15, 0.2) is 0 Å². The van der Waals surface area contributed by atoms with Crippen LogP contribution in [0.4, 0.5) is 0 Å². The van der Waals surface area contributed by atoms with Gasteiger partial charge < -0.3 is 0 Å². The molecule has 26 valence electrons. The summed E-state index contributed by atoms with van der Waals surface area (Å²) in [5, 5.41) is 1.34. The van der Waals surface area contributed by atoms with Gasteiger partial charge in [-0.05, 0) is 0 Å². The molecule has 0 fully saturated rings. The van der Waals surface area contributed by atoms with E-state index in [0.717, 1.165) is 0 Å². The average molecular weight is 135 g/mol. The molecule has 5 heavy (non-hydrogen) atoms. The molecule has 0 bridgehead atoms. The van der Waals surface area contributed by atoms with Crippen LogP contribution in [0.25, 0.3) is 0 Å². The minimum atomic E-state index is 1.34. The van der Waals surface area contributed by atoms with Crippen molar-refractivity contribution in [2.24, 2.45) is 0 Å². The van der Waals surface area contributed by atoms with Gasteiger partial charge in [0.05, 0.1) is 0 Å². The zero-order chi connectivity index (χ0) is 4.12. The van der Waals surface area contributed by atoms with E-state index in [2.05, 4.69) is 24.6 Å². The van der Waals surface area contributed by atoms with Crippen LogP contribution in [0.2, 0.25) is 5.09 Å². The van der Waals surface area contributed by atoms with Crippen molar-refractivity contribution in [3.05, 3.63) is 0 Å². The van der Waals surface area contributed by atoms with Crippen molar-refractivity contribution in [2.45, 2.75) is 24.9 Å². The molecule has 0 unspecified atom stereocenters. The molecule has 0 heterocycles. The van der Waals surface area contributed by atoms with Gasteiger partial charge in [-0.3, -0.25) is 0 Å². The molecule has 0 saturated carbocycles. The number of rotatable bonds is 2. The predicted octanol–water partition coefficient (Wildman–Crippen LogP) is 1.37. The van der Waals surface area contributed by atoms with Crippen LogP contribution in [0.15, 0.2) is 0 Å². The van der Waals surface area contributed by atoms with Crippen molar-refractivity contribution in [3.8, 4) is 0 Å². The van der Waals surface area contributed by atoms with Crippen molar-refractivity contribution >= 4 is 17.7 Å². The summed E-state index contributed by atoms with van der Waals surface area (Å²) in [6.45, 7) is 2.21. The molecule has 0 rings (SSSR count). The second-order valence-electron chi connectivity index (χ2n) is 1.35. The SMILES string of the molecule is [78Li][CH2]CCC. The van der Waals surface area contributed by atoms with Gasteiger partial charge in [-0.2, -0.15) is 0 Å². The Bertz CT molecular complexity index is 11.1. The molecule has 0 aromatic rings. The molecule has 0 atom stereocenters. The maximum atomic E-state index is 2.21. The van der Waals surface area contributed by atoms with Gasteiger partial charge in [0.25, 0.3) is 0 Å². The Morgan fingerprint density at radius 3 is 2.20 bits per heavy atom. The molecule has 0 aromatic carbocycles. The van der Waals surface area contributed by atoms with Gasteiger partial charge in [0, 0.05) is 0 Å². The molecule has 0 aliphatic heterocycles.